The Morgan fingerprint density at radius 2 is 1.92 bits per heavy atom. The molecule has 0 unspecified atom stereocenters. The molecule has 0 aromatic heterocycles. The van der Waals surface area contributed by atoms with Crippen molar-refractivity contribution in [2.75, 3.05) is 5.32 Å². The highest BCUT2D eigenvalue weighted by Gasteiger charge is 2.32. The van der Waals surface area contributed by atoms with Crippen molar-refractivity contribution in [1.82, 2.24) is 0 Å². The summed E-state index contributed by atoms with van der Waals surface area (Å²) in [6.45, 7) is 3.78. The average Bonchev–Trinajstić information content (AvgIpc) is 2.54. The first-order valence-corrected chi connectivity index (χ1v) is 8.61. The van der Waals surface area contributed by atoms with Crippen LogP contribution in [0.3, 0.4) is 0 Å². The summed E-state index contributed by atoms with van der Waals surface area (Å²) in [4.78, 5) is 24.4. The van der Waals surface area contributed by atoms with Gasteiger partial charge in [0, 0.05) is 17.1 Å². The normalized spacial score (nSPS) is 15.2. The van der Waals surface area contributed by atoms with Gasteiger partial charge in [0.1, 0.15) is 11.4 Å². The van der Waals surface area contributed by atoms with E-state index in [1.165, 1.54) is 0 Å². The molecule has 0 spiro atoms. The molecule has 3 rings (SSSR count). The number of aryl methyl sites for hydroxylation is 1. The van der Waals surface area contributed by atoms with Crippen LogP contribution in [-0.2, 0) is 11.2 Å². The highest BCUT2D eigenvalue weighted by molar-refractivity contribution is 6.30. The van der Waals surface area contributed by atoms with Gasteiger partial charge in [-0.3, -0.25) is 9.59 Å². The molecular weight excluding hydrogens is 338 g/mol. The second-order valence-corrected chi connectivity index (χ2v) is 7.28. The van der Waals surface area contributed by atoms with Crippen molar-refractivity contribution in [3.8, 4) is 5.75 Å². The number of Topliss-reactive ketones (excluding diaryl/α,β-unsaturated/α-hetero) is 1. The maximum atomic E-state index is 12.3. The van der Waals surface area contributed by atoms with Crippen LogP contribution in [0.5, 0.6) is 5.75 Å². The van der Waals surface area contributed by atoms with E-state index in [4.69, 9.17) is 16.3 Å². The lowest BCUT2D eigenvalue weighted by Gasteiger charge is -2.31. The minimum atomic E-state index is -0.493. The fourth-order valence-electron chi connectivity index (χ4n) is 2.86. The molecule has 0 aliphatic carbocycles. The Hall–Kier alpha value is -2.33. The molecule has 2 aromatic rings. The molecule has 1 amide bonds. The molecule has 0 atom stereocenters. The third kappa shape index (κ3) is 4.40. The molecule has 1 aliphatic heterocycles. The maximum Gasteiger partial charge on any atom is 0.224 e. The van der Waals surface area contributed by atoms with Crippen LogP contribution in [0, 0.1) is 0 Å². The van der Waals surface area contributed by atoms with Crippen LogP contribution >= 0.6 is 11.6 Å². The van der Waals surface area contributed by atoms with Crippen LogP contribution in [0.1, 0.15) is 42.6 Å². The summed E-state index contributed by atoms with van der Waals surface area (Å²) in [5, 5.41) is 3.52. The summed E-state index contributed by atoms with van der Waals surface area (Å²) in [7, 11) is 0. The molecule has 130 valence electrons. The van der Waals surface area contributed by atoms with Gasteiger partial charge in [-0.1, -0.05) is 23.7 Å². The average molecular weight is 358 g/mol. The second kappa shape index (κ2) is 6.89. The van der Waals surface area contributed by atoms with Gasteiger partial charge >= 0.3 is 0 Å². The number of carbonyl (C=O) groups excluding carboxylic acids is 2. The van der Waals surface area contributed by atoms with E-state index >= 15 is 0 Å². The summed E-state index contributed by atoms with van der Waals surface area (Å²) >= 11 is 5.85. The summed E-state index contributed by atoms with van der Waals surface area (Å²) in [6, 6.07) is 12.6. The highest BCUT2D eigenvalue weighted by atomic mass is 35.5. The predicted molar refractivity (Wildman–Crippen MR) is 98.5 cm³/mol. The van der Waals surface area contributed by atoms with E-state index in [1.807, 2.05) is 38.1 Å². The Kier molecular flexibility index (Phi) is 4.82. The zero-order valence-electron chi connectivity index (χ0n) is 14.3. The van der Waals surface area contributed by atoms with Crippen molar-refractivity contribution >= 4 is 29.0 Å². The Bertz CT molecular complexity index is 812. The molecule has 2 aromatic carbocycles. The second-order valence-electron chi connectivity index (χ2n) is 6.85. The van der Waals surface area contributed by atoms with Gasteiger partial charge < -0.3 is 10.1 Å². The summed E-state index contributed by atoms with van der Waals surface area (Å²) in [6.07, 6.45) is 1.31. The lowest BCUT2D eigenvalue weighted by atomic mass is 9.93. The lowest BCUT2D eigenvalue weighted by molar-refractivity contribution is -0.116. The first-order valence-electron chi connectivity index (χ1n) is 8.23. The standard InChI is InChI=1S/C20H20ClNO3/c1-20(2)12-17(23)16-11-15(8-9-18(16)25-20)22-19(24)10-5-13-3-6-14(21)7-4-13/h3-4,6-9,11H,5,10,12H2,1-2H3,(H,22,24). The maximum absolute atomic E-state index is 12.3. The van der Waals surface area contributed by atoms with E-state index in [0.717, 1.165) is 5.56 Å². The Labute approximate surface area is 152 Å². The molecule has 5 heteroatoms. The highest BCUT2D eigenvalue weighted by Crippen LogP contribution is 2.34. The SMILES string of the molecule is CC1(C)CC(=O)c2cc(NC(=O)CCc3ccc(Cl)cc3)ccc2O1. The zero-order valence-corrected chi connectivity index (χ0v) is 15.0. The number of nitrogens with one attached hydrogen (secondary N) is 1. The van der Waals surface area contributed by atoms with Crippen molar-refractivity contribution < 1.29 is 14.3 Å². The number of ether oxygens (including phenoxy) is 1. The number of rotatable bonds is 4. The molecule has 25 heavy (non-hydrogen) atoms. The van der Waals surface area contributed by atoms with Gasteiger partial charge in [-0.25, -0.2) is 0 Å². The van der Waals surface area contributed by atoms with Gasteiger partial charge in [0.15, 0.2) is 5.78 Å². The van der Waals surface area contributed by atoms with Crippen LogP contribution < -0.4 is 10.1 Å². The first-order chi connectivity index (χ1) is 11.8. The summed E-state index contributed by atoms with van der Waals surface area (Å²) in [5.41, 5.74) is 1.69. The number of carbonyl (C=O) groups is 2. The van der Waals surface area contributed by atoms with Crippen molar-refractivity contribution in [1.29, 1.82) is 0 Å². The van der Waals surface area contributed by atoms with Crippen LogP contribution in [0.2, 0.25) is 5.02 Å². The van der Waals surface area contributed by atoms with Gasteiger partial charge in [-0.2, -0.15) is 0 Å². The van der Waals surface area contributed by atoms with E-state index in [0.29, 0.717) is 41.3 Å². The van der Waals surface area contributed by atoms with Crippen molar-refractivity contribution in [3.05, 3.63) is 58.6 Å². The van der Waals surface area contributed by atoms with Crippen molar-refractivity contribution in [3.63, 3.8) is 0 Å². The molecule has 1 N–H and O–H groups in total. The minimum absolute atomic E-state index is 0.0310. The van der Waals surface area contributed by atoms with Gasteiger partial charge in [-0.05, 0) is 56.2 Å². The smallest absolute Gasteiger partial charge is 0.224 e. The Balaban J connectivity index is 1.63. The van der Waals surface area contributed by atoms with Crippen LogP contribution in [-0.4, -0.2) is 17.3 Å². The van der Waals surface area contributed by atoms with E-state index in [2.05, 4.69) is 5.32 Å². The molecule has 1 heterocycles. The van der Waals surface area contributed by atoms with Gasteiger partial charge in [0.05, 0.1) is 12.0 Å². The van der Waals surface area contributed by atoms with Crippen molar-refractivity contribution in [2.24, 2.45) is 0 Å². The fourth-order valence-corrected chi connectivity index (χ4v) is 2.99. The van der Waals surface area contributed by atoms with E-state index in [1.54, 1.807) is 18.2 Å². The molecule has 4 nitrogen and oxygen atoms in total. The third-order valence-electron chi connectivity index (χ3n) is 4.09. The van der Waals surface area contributed by atoms with Gasteiger partial charge in [0.25, 0.3) is 0 Å². The van der Waals surface area contributed by atoms with Crippen LogP contribution in [0.15, 0.2) is 42.5 Å². The number of anilines is 1. The topological polar surface area (TPSA) is 55.4 Å². The number of benzene rings is 2. The number of ketones is 1. The summed E-state index contributed by atoms with van der Waals surface area (Å²) < 4.78 is 5.82. The number of halogens is 1. The number of fused-ring (bicyclic) bond motifs is 1. The van der Waals surface area contributed by atoms with E-state index < -0.39 is 5.60 Å². The fraction of sp³-hybridized carbons (Fsp3) is 0.300. The van der Waals surface area contributed by atoms with Gasteiger partial charge in [-0.15, -0.1) is 0 Å². The number of hydrogen-bond donors (Lipinski definition) is 1. The Morgan fingerprint density at radius 1 is 1.20 bits per heavy atom. The zero-order chi connectivity index (χ0) is 18.0. The van der Waals surface area contributed by atoms with Crippen LogP contribution in [0.25, 0.3) is 0 Å². The van der Waals surface area contributed by atoms with Gasteiger partial charge in [0.2, 0.25) is 5.91 Å². The van der Waals surface area contributed by atoms with Crippen LogP contribution in [0.4, 0.5) is 5.69 Å². The third-order valence-corrected chi connectivity index (χ3v) is 4.34. The van der Waals surface area contributed by atoms with Crippen molar-refractivity contribution in [2.45, 2.75) is 38.7 Å². The largest absolute Gasteiger partial charge is 0.487 e. The molecular formula is C20H20ClNO3. The summed E-state index contributed by atoms with van der Waals surface area (Å²) in [5.74, 6) is 0.503. The monoisotopic (exact) mass is 357 g/mol. The molecule has 1 aliphatic rings. The molecule has 0 saturated carbocycles. The Morgan fingerprint density at radius 3 is 2.64 bits per heavy atom. The molecule has 0 fully saturated rings. The number of amides is 1. The minimum Gasteiger partial charge on any atom is -0.487 e. The quantitative estimate of drug-likeness (QED) is 0.866. The molecule has 0 radical (unpaired) electrons. The van der Waals surface area contributed by atoms with E-state index in [-0.39, 0.29) is 11.7 Å². The number of hydrogen-bond acceptors (Lipinski definition) is 3. The van der Waals surface area contributed by atoms with E-state index in [9.17, 15) is 9.59 Å². The lowest BCUT2D eigenvalue weighted by Crippen LogP contribution is -2.35. The first kappa shape index (κ1) is 17.5. The predicted octanol–water partition coefficient (Wildman–Crippen LogP) is 4.66. The molecule has 0 bridgehead atoms. The molecule has 0 saturated heterocycles.